The molecule has 7 unspecified atom stereocenters. The molecule has 3 saturated heterocycles. The van der Waals surface area contributed by atoms with Crippen LogP contribution in [0, 0.1) is 5.41 Å². The van der Waals surface area contributed by atoms with Crippen molar-refractivity contribution >= 4 is 8.58 Å². The molecule has 2 aromatic rings. The van der Waals surface area contributed by atoms with E-state index in [9.17, 15) is 0 Å². The highest BCUT2D eigenvalue weighted by Crippen LogP contribution is 2.56. The second-order valence-electron chi connectivity index (χ2n) is 11.4. The van der Waals surface area contributed by atoms with Gasteiger partial charge in [0.1, 0.15) is 0 Å². The minimum Gasteiger partial charge on any atom is -0.378 e. The third-order valence-corrected chi connectivity index (χ3v) is 9.78. The fourth-order valence-corrected chi connectivity index (χ4v) is 7.97. The molecule has 2 aromatic carbocycles. The Kier molecular flexibility index (Phi) is 12.4. The highest BCUT2D eigenvalue weighted by Gasteiger charge is 2.59. The van der Waals surface area contributed by atoms with Crippen molar-refractivity contribution in [3.8, 4) is 0 Å². The summed E-state index contributed by atoms with van der Waals surface area (Å²) in [5.74, 6) is 0.564. The van der Waals surface area contributed by atoms with E-state index in [1.54, 1.807) is 6.08 Å². The summed E-state index contributed by atoms with van der Waals surface area (Å²) in [6.45, 7) is 13.8. The van der Waals surface area contributed by atoms with Crippen molar-refractivity contribution in [2.24, 2.45) is 5.41 Å². The maximum Gasteiger partial charge on any atom is 0.0910 e. The number of rotatable bonds is 19. The topological polar surface area (TPSA) is 64.7 Å². The molecule has 0 radical (unpaired) electrons. The van der Waals surface area contributed by atoms with Gasteiger partial charge in [-0.1, -0.05) is 66.7 Å². The van der Waals surface area contributed by atoms with Crippen LogP contribution in [0.4, 0.5) is 0 Å². The lowest BCUT2D eigenvalue weighted by atomic mass is 9.79. The lowest BCUT2D eigenvalue weighted by molar-refractivity contribution is -0.0386. The van der Waals surface area contributed by atoms with Gasteiger partial charge in [0.05, 0.1) is 78.4 Å². The molecule has 0 spiro atoms. The van der Waals surface area contributed by atoms with Crippen LogP contribution in [0.15, 0.2) is 73.3 Å². The van der Waals surface area contributed by atoms with Crippen molar-refractivity contribution in [3.05, 3.63) is 84.4 Å². The zero-order valence-corrected chi connectivity index (χ0v) is 26.0. The fraction of sp³-hybridized carbons (Fsp3) is 0.576. The summed E-state index contributed by atoms with van der Waals surface area (Å²) in [4.78, 5) is 5.55. The zero-order valence-electron chi connectivity index (χ0n) is 25.0. The van der Waals surface area contributed by atoms with Crippen molar-refractivity contribution < 1.29 is 23.7 Å². The van der Waals surface area contributed by atoms with Crippen LogP contribution in [-0.4, -0.2) is 107 Å². The van der Waals surface area contributed by atoms with Crippen molar-refractivity contribution in [1.29, 1.82) is 0 Å². The van der Waals surface area contributed by atoms with E-state index in [-0.39, 0.29) is 17.7 Å². The molecule has 230 valence electrons. The Morgan fingerprint density at radius 1 is 0.833 bits per heavy atom. The van der Waals surface area contributed by atoms with Crippen molar-refractivity contribution in [2.75, 3.05) is 85.8 Å². The van der Waals surface area contributed by atoms with Crippen LogP contribution in [-0.2, 0) is 23.7 Å². The zero-order chi connectivity index (χ0) is 29.0. The number of nitrogens with zero attached hydrogens (tertiary/aromatic N) is 2. The highest BCUT2D eigenvalue weighted by atomic mass is 31.1. The predicted molar refractivity (Wildman–Crippen MR) is 168 cm³/mol. The number of fused-ring (bicyclic) bond motifs is 2. The second-order valence-corrected chi connectivity index (χ2v) is 12.5. The lowest BCUT2D eigenvalue weighted by Gasteiger charge is -2.46. The number of benzene rings is 2. The van der Waals surface area contributed by atoms with Crippen molar-refractivity contribution in [2.45, 2.75) is 30.6 Å². The first-order valence-corrected chi connectivity index (χ1v) is 16.9. The van der Waals surface area contributed by atoms with Crippen molar-refractivity contribution in [1.82, 2.24) is 15.1 Å². The smallest absolute Gasteiger partial charge is 0.0910 e. The normalized spacial score (nSPS) is 28.9. The van der Waals surface area contributed by atoms with E-state index < -0.39 is 0 Å². The van der Waals surface area contributed by atoms with Crippen LogP contribution < -0.4 is 5.32 Å². The van der Waals surface area contributed by atoms with Crippen LogP contribution in [0.25, 0.3) is 0 Å². The van der Waals surface area contributed by atoms with Gasteiger partial charge < -0.3 is 23.7 Å². The summed E-state index contributed by atoms with van der Waals surface area (Å²) < 4.78 is 28.5. The molecular weight excluding hydrogens is 549 g/mol. The molecule has 0 saturated carbocycles. The maximum atomic E-state index is 6.34. The van der Waals surface area contributed by atoms with Crippen LogP contribution in [0.2, 0.25) is 0 Å². The van der Waals surface area contributed by atoms with Gasteiger partial charge in [-0.2, -0.15) is 0 Å². The average molecular weight is 598 g/mol. The van der Waals surface area contributed by atoms with Gasteiger partial charge in [0.25, 0.3) is 0 Å². The van der Waals surface area contributed by atoms with E-state index >= 15 is 0 Å². The van der Waals surface area contributed by atoms with Gasteiger partial charge in [0, 0.05) is 30.3 Å². The number of nitrogens with one attached hydrogen (secondary N) is 1. The van der Waals surface area contributed by atoms with E-state index in [2.05, 4.69) is 89.0 Å². The molecule has 0 aromatic heterocycles. The number of hydrogen-bond acceptors (Lipinski definition) is 8. The standard InChI is InChI=1S/C33H48N3O5P/c1-3-14-37-15-16-38-17-18-39-19-20-40-21-22-41-26-33-23-29-32(42-2)35(25-33)31(28-12-8-5-9-13-28)36(29)30(34-24-33)27-10-6-4-7-11-27/h3-13,29-32,34,42H,1,14-26H2,2H3. The Bertz CT molecular complexity index is 1070. The molecule has 1 N–H and O–H groups in total. The Labute approximate surface area is 253 Å². The van der Waals surface area contributed by atoms with Gasteiger partial charge in [-0.3, -0.25) is 15.1 Å². The predicted octanol–water partition coefficient (Wildman–Crippen LogP) is 4.27. The molecule has 7 atom stereocenters. The minimum atomic E-state index is 0.0615. The molecule has 3 aliphatic heterocycles. The van der Waals surface area contributed by atoms with E-state index in [0.717, 1.165) is 34.7 Å². The molecule has 3 fully saturated rings. The van der Waals surface area contributed by atoms with Gasteiger partial charge in [-0.25, -0.2) is 0 Å². The summed E-state index contributed by atoms with van der Waals surface area (Å²) in [6, 6.07) is 22.5. The molecule has 9 heteroatoms. The molecule has 0 amide bonds. The molecule has 0 aliphatic carbocycles. The average Bonchev–Trinajstić information content (AvgIpc) is 3.13. The van der Waals surface area contributed by atoms with E-state index in [4.69, 9.17) is 23.7 Å². The molecule has 42 heavy (non-hydrogen) atoms. The summed E-state index contributed by atoms with van der Waals surface area (Å²) in [6.07, 6.45) is 3.31. The Hall–Kier alpha value is -1.71. The lowest BCUT2D eigenvalue weighted by Crippen LogP contribution is -2.54. The SMILES string of the molecule is C=CCOCCOCCOCCOCCOCC12CNC(c3ccccc3)N3C(C1)C(PC)N(C2)C3c1ccccc1. The number of piperidine rings is 1. The van der Waals surface area contributed by atoms with Crippen LogP contribution >= 0.6 is 8.58 Å². The Morgan fingerprint density at radius 3 is 2.00 bits per heavy atom. The van der Waals surface area contributed by atoms with Crippen LogP contribution in [0.5, 0.6) is 0 Å². The molecule has 5 rings (SSSR count). The molecular formula is C33H48N3O5P. The quantitative estimate of drug-likeness (QED) is 0.146. The van der Waals surface area contributed by atoms with Gasteiger partial charge in [-0.05, 0) is 24.2 Å². The monoisotopic (exact) mass is 597 g/mol. The van der Waals surface area contributed by atoms with Gasteiger partial charge in [0.15, 0.2) is 0 Å². The second kappa shape index (κ2) is 16.4. The van der Waals surface area contributed by atoms with Gasteiger partial charge >= 0.3 is 0 Å². The van der Waals surface area contributed by atoms with E-state index in [0.29, 0.717) is 71.3 Å². The first kappa shape index (κ1) is 31.7. The molecule has 3 aliphatic rings. The fourth-order valence-electron chi connectivity index (χ4n) is 6.73. The maximum absolute atomic E-state index is 6.34. The number of hydrogen-bond donors (Lipinski definition) is 1. The minimum absolute atomic E-state index is 0.0615. The Morgan fingerprint density at radius 2 is 1.40 bits per heavy atom. The van der Waals surface area contributed by atoms with E-state index in [1.807, 2.05) is 0 Å². The van der Waals surface area contributed by atoms with Gasteiger partial charge in [0.2, 0.25) is 0 Å². The summed E-state index contributed by atoms with van der Waals surface area (Å²) in [7, 11) is 0.869. The van der Waals surface area contributed by atoms with Gasteiger partial charge in [-0.15, -0.1) is 15.2 Å². The molecule has 3 heterocycles. The highest BCUT2D eigenvalue weighted by molar-refractivity contribution is 7.37. The number of ether oxygens (including phenoxy) is 5. The largest absolute Gasteiger partial charge is 0.378 e. The molecule has 3 bridgehead atoms. The van der Waals surface area contributed by atoms with Crippen LogP contribution in [0.1, 0.15) is 29.9 Å². The summed E-state index contributed by atoms with van der Waals surface area (Å²) >= 11 is 0. The summed E-state index contributed by atoms with van der Waals surface area (Å²) in [5.41, 5.74) is 2.78. The first-order chi connectivity index (χ1) is 20.8. The third-order valence-electron chi connectivity index (χ3n) is 8.47. The van der Waals surface area contributed by atoms with Crippen LogP contribution in [0.3, 0.4) is 0 Å². The first-order valence-electron chi connectivity index (χ1n) is 15.3. The third kappa shape index (κ3) is 7.86. The van der Waals surface area contributed by atoms with Crippen molar-refractivity contribution in [3.63, 3.8) is 0 Å². The summed E-state index contributed by atoms with van der Waals surface area (Å²) in [5, 5.41) is 4.00. The van der Waals surface area contributed by atoms with E-state index in [1.165, 1.54) is 11.1 Å². The Balaban J connectivity index is 1.11. The molecule has 8 nitrogen and oxygen atoms in total.